The molecule has 2 atom stereocenters. The highest BCUT2D eigenvalue weighted by atomic mass is 16.2. The number of anilines is 1. The topological polar surface area (TPSA) is 111 Å². The first-order chi connectivity index (χ1) is 12.4. The minimum absolute atomic E-state index is 0.198. The lowest BCUT2D eigenvalue weighted by Crippen LogP contribution is -2.39. The highest BCUT2D eigenvalue weighted by molar-refractivity contribution is 5.86. The summed E-state index contributed by atoms with van der Waals surface area (Å²) >= 11 is 0. The number of amides is 2. The minimum Gasteiger partial charge on any atom is -0.383 e. The summed E-state index contributed by atoms with van der Waals surface area (Å²) in [5.74, 6) is -1.19. The maximum atomic E-state index is 12.5. The molecule has 0 fully saturated rings. The average Bonchev–Trinajstić information content (AvgIpc) is 2.63. The van der Waals surface area contributed by atoms with E-state index in [0.717, 1.165) is 16.7 Å². The van der Waals surface area contributed by atoms with Gasteiger partial charge in [-0.2, -0.15) is 0 Å². The number of carbonyl (C=O) groups excluding carboxylic acids is 2. The second-order valence-corrected chi connectivity index (χ2v) is 6.59. The number of nitrogens with one attached hydrogen (secondary N) is 1. The van der Waals surface area contributed by atoms with Gasteiger partial charge in [-0.05, 0) is 42.5 Å². The first kappa shape index (κ1) is 19.4. The lowest BCUT2D eigenvalue weighted by atomic mass is 9.87. The molecule has 0 aliphatic rings. The fraction of sp³-hybridized carbons (Fsp3) is 0.350. The Morgan fingerprint density at radius 1 is 1.19 bits per heavy atom. The highest BCUT2D eigenvalue weighted by Gasteiger charge is 2.28. The van der Waals surface area contributed by atoms with Gasteiger partial charge >= 0.3 is 0 Å². The summed E-state index contributed by atoms with van der Waals surface area (Å²) in [6, 6.07) is 11.7. The molecule has 1 heterocycles. The number of pyridine rings is 1. The summed E-state index contributed by atoms with van der Waals surface area (Å²) in [6.07, 6.45) is 2.87. The molecule has 0 aliphatic heterocycles. The Morgan fingerprint density at radius 3 is 2.50 bits per heavy atom. The van der Waals surface area contributed by atoms with E-state index in [1.54, 1.807) is 13.1 Å². The number of hydrogen-bond donors (Lipinski definition) is 3. The molecule has 2 rings (SSSR count). The van der Waals surface area contributed by atoms with Crippen molar-refractivity contribution >= 4 is 17.6 Å². The molecule has 26 heavy (non-hydrogen) atoms. The van der Waals surface area contributed by atoms with Crippen molar-refractivity contribution in [3.63, 3.8) is 0 Å². The van der Waals surface area contributed by atoms with Crippen molar-refractivity contribution in [1.82, 2.24) is 10.3 Å². The molecule has 0 saturated carbocycles. The van der Waals surface area contributed by atoms with Gasteiger partial charge in [0.1, 0.15) is 5.82 Å². The molecule has 1 aromatic heterocycles. The monoisotopic (exact) mass is 354 g/mol. The number of nitrogens with two attached hydrogens (primary N) is 2. The van der Waals surface area contributed by atoms with E-state index in [-0.39, 0.29) is 5.91 Å². The van der Waals surface area contributed by atoms with Crippen LogP contribution in [0.4, 0.5) is 5.82 Å². The van der Waals surface area contributed by atoms with E-state index in [4.69, 9.17) is 11.5 Å². The second-order valence-electron chi connectivity index (χ2n) is 6.59. The standard InChI is InChI=1S/C20H26N4O2/c1-13-10-16(11-23-18(13)21)12-24-20(26)14(2)17(19(22)25)9-8-15-6-4-3-5-7-15/h3-7,10-11,14,17H,8-9,12H2,1-2H3,(H2,21,23)(H2,22,25)(H,24,26)/t14-,17?/m0/s1. The number of aromatic nitrogens is 1. The predicted octanol–water partition coefficient (Wildman–Crippen LogP) is 1.96. The number of carbonyl (C=O) groups is 2. The van der Waals surface area contributed by atoms with Crippen LogP contribution in [-0.2, 0) is 22.6 Å². The van der Waals surface area contributed by atoms with E-state index in [2.05, 4.69) is 10.3 Å². The van der Waals surface area contributed by atoms with Gasteiger partial charge in [-0.1, -0.05) is 37.3 Å². The zero-order chi connectivity index (χ0) is 19.1. The molecule has 138 valence electrons. The summed E-state index contributed by atoms with van der Waals surface area (Å²) < 4.78 is 0. The molecule has 6 nitrogen and oxygen atoms in total. The minimum atomic E-state index is -0.513. The van der Waals surface area contributed by atoms with Crippen LogP contribution < -0.4 is 16.8 Å². The van der Waals surface area contributed by atoms with Crippen LogP contribution in [0.15, 0.2) is 42.6 Å². The molecule has 0 radical (unpaired) electrons. The van der Waals surface area contributed by atoms with Gasteiger partial charge in [0.05, 0.1) is 0 Å². The smallest absolute Gasteiger partial charge is 0.223 e. The van der Waals surface area contributed by atoms with Gasteiger partial charge in [-0.3, -0.25) is 9.59 Å². The number of aryl methyl sites for hydroxylation is 2. The van der Waals surface area contributed by atoms with Gasteiger partial charge in [0, 0.05) is 24.6 Å². The highest BCUT2D eigenvalue weighted by Crippen LogP contribution is 2.19. The Kier molecular flexibility index (Phi) is 6.72. The van der Waals surface area contributed by atoms with Crippen molar-refractivity contribution in [1.29, 1.82) is 0 Å². The average molecular weight is 354 g/mol. The van der Waals surface area contributed by atoms with Crippen molar-refractivity contribution in [3.05, 3.63) is 59.3 Å². The quantitative estimate of drug-likeness (QED) is 0.673. The Balaban J connectivity index is 1.94. The normalized spacial score (nSPS) is 13.0. The molecule has 0 spiro atoms. The summed E-state index contributed by atoms with van der Waals surface area (Å²) in [4.78, 5) is 28.4. The Morgan fingerprint density at radius 2 is 1.88 bits per heavy atom. The molecule has 0 aliphatic carbocycles. The zero-order valence-electron chi connectivity index (χ0n) is 15.2. The van der Waals surface area contributed by atoms with Crippen molar-refractivity contribution in [2.75, 3.05) is 5.73 Å². The van der Waals surface area contributed by atoms with Crippen LogP contribution in [0.3, 0.4) is 0 Å². The summed E-state index contributed by atoms with van der Waals surface area (Å²) in [6.45, 7) is 3.94. The van der Waals surface area contributed by atoms with Crippen LogP contribution >= 0.6 is 0 Å². The lowest BCUT2D eigenvalue weighted by molar-refractivity contribution is -0.133. The summed E-state index contributed by atoms with van der Waals surface area (Å²) in [7, 11) is 0. The third-order valence-corrected chi connectivity index (χ3v) is 4.61. The number of primary amides is 1. The van der Waals surface area contributed by atoms with Crippen LogP contribution in [0.5, 0.6) is 0 Å². The van der Waals surface area contributed by atoms with Gasteiger partial charge in [-0.15, -0.1) is 0 Å². The third kappa shape index (κ3) is 5.31. The van der Waals surface area contributed by atoms with E-state index < -0.39 is 17.7 Å². The van der Waals surface area contributed by atoms with Crippen molar-refractivity contribution in [2.24, 2.45) is 17.6 Å². The summed E-state index contributed by atoms with van der Waals surface area (Å²) in [5.41, 5.74) is 14.1. The molecule has 0 saturated heterocycles. The fourth-order valence-electron chi connectivity index (χ4n) is 2.88. The van der Waals surface area contributed by atoms with Crippen molar-refractivity contribution in [2.45, 2.75) is 33.2 Å². The van der Waals surface area contributed by atoms with E-state index >= 15 is 0 Å². The third-order valence-electron chi connectivity index (χ3n) is 4.61. The maximum absolute atomic E-state index is 12.5. The zero-order valence-corrected chi connectivity index (χ0v) is 15.2. The second kappa shape index (κ2) is 8.99. The molecule has 1 unspecified atom stereocenters. The molecule has 5 N–H and O–H groups in total. The molecule has 6 heteroatoms. The van der Waals surface area contributed by atoms with E-state index in [9.17, 15) is 9.59 Å². The largest absolute Gasteiger partial charge is 0.383 e. The van der Waals surface area contributed by atoms with E-state index in [1.807, 2.05) is 43.3 Å². The van der Waals surface area contributed by atoms with Gasteiger partial charge in [0.25, 0.3) is 0 Å². The number of nitrogen functional groups attached to an aromatic ring is 1. The maximum Gasteiger partial charge on any atom is 0.223 e. The van der Waals surface area contributed by atoms with Crippen LogP contribution in [0, 0.1) is 18.8 Å². The number of benzene rings is 1. The van der Waals surface area contributed by atoms with Gasteiger partial charge in [0.15, 0.2) is 0 Å². The van der Waals surface area contributed by atoms with Crippen LogP contribution in [-0.4, -0.2) is 16.8 Å². The SMILES string of the molecule is Cc1cc(CNC(=O)[C@@H](C)C(CCc2ccccc2)C(N)=O)cnc1N. The molecular formula is C20H26N4O2. The fourth-order valence-corrected chi connectivity index (χ4v) is 2.88. The summed E-state index contributed by atoms with van der Waals surface area (Å²) in [5, 5.41) is 2.85. The molecule has 1 aromatic carbocycles. The number of hydrogen-bond acceptors (Lipinski definition) is 4. The Hall–Kier alpha value is -2.89. The Bertz CT molecular complexity index is 762. The molecular weight excluding hydrogens is 328 g/mol. The van der Waals surface area contributed by atoms with Crippen molar-refractivity contribution < 1.29 is 9.59 Å². The van der Waals surface area contributed by atoms with E-state index in [0.29, 0.717) is 25.2 Å². The molecule has 2 aromatic rings. The van der Waals surface area contributed by atoms with E-state index in [1.165, 1.54) is 0 Å². The lowest BCUT2D eigenvalue weighted by Gasteiger charge is -2.20. The van der Waals surface area contributed by atoms with Gasteiger partial charge < -0.3 is 16.8 Å². The van der Waals surface area contributed by atoms with Crippen LogP contribution in [0.25, 0.3) is 0 Å². The van der Waals surface area contributed by atoms with Gasteiger partial charge in [-0.25, -0.2) is 4.98 Å². The number of rotatable bonds is 8. The number of nitrogens with zero attached hydrogens (tertiary/aromatic N) is 1. The van der Waals surface area contributed by atoms with Crippen LogP contribution in [0.2, 0.25) is 0 Å². The van der Waals surface area contributed by atoms with Gasteiger partial charge in [0.2, 0.25) is 11.8 Å². The first-order valence-corrected chi connectivity index (χ1v) is 8.70. The van der Waals surface area contributed by atoms with Crippen molar-refractivity contribution in [3.8, 4) is 0 Å². The predicted molar refractivity (Wildman–Crippen MR) is 102 cm³/mol. The molecule has 2 amide bonds. The first-order valence-electron chi connectivity index (χ1n) is 8.70. The Labute approximate surface area is 154 Å². The molecule has 0 bridgehead atoms. The van der Waals surface area contributed by atoms with Crippen LogP contribution in [0.1, 0.15) is 30.0 Å².